The van der Waals surface area contributed by atoms with Crippen molar-refractivity contribution >= 4 is 17.3 Å². The van der Waals surface area contributed by atoms with Crippen LogP contribution in [-0.4, -0.2) is 42.8 Å². The Morgan fingerprint density at radius 3 is 2.86 bits per heavy atom. The molecule has 1 heterocycles. The van der Waals surface area contributed by atoms with Gasteiger partial charge in [0.05, 0.1) is 11.5 Å². The summed E-state index contributed by atoms with van der Waals surface area (Å²) in [5.74, 6) is 1.13. The van der Waals surface area contributed by atoms with E-state index >= 15 is 0 Å². The molecule has 7 heteroatoms. The van der Waals surface area contributed by atoms with Crippen molar-refractivity contribution in [3.63, 3.8) is 0 Å². The molecule has 1 aromatic rings. The van der Waals surface area contributed by atoms with Crippen LogP contribution in [0.3, 0.4) is 0 Å². The Morgan fingerprint density at radius 2 is 2.29 bits per heavy atom. The number of aromatic nitrogens is 1. The monoisotopic (exact) mass is 294 g/mol. The van der Waals surface area contributed by atoms with Gasteiger partial charge in [-0.1, -0.05) is 6.92 Å². The summed E-state index contributed by atoms with van der Waals surface area (Å²) in [5.41, 5.74) is 0.0556. The highest BCUT2D eigenvalue weighted by Crippen LogP contribution is 2.36. The van der Waals surface area contributed by atoms with Crippen molar-refractivity contribution in [2.75, 3.05) is 37.0 Å². The second kappa shape index (κ2) is 7.21. The molecule has 0 atom stereocenters. The van der Waals surface area contributed by atoms with Gasteiger partial charge in [0.1, 0.15) is 5.82 Å². The van der Waals surface area contributed by atoms with E-state index in [1.807, 2.05) is 4.90 Å². The van der Waals surface area contributed by atoms with E-state index in [1.165, 1.54) is 6.07 Å². The topological polar surface area (TPSA) is 80.5 Å². The van der Waals surface area contributed by atoms with Crippen LogP contribution in [0.15, 0.2) is 12.1 Å². The van der Waals surface area contributed by atoms with Gasteiger partial charge < -0.3 is 15.0 Å². The fraction of sp³-hybridized carbons (Fsp3) is 0.643. The molecular formula is C14H22N4O3. The zero-order valence-corrected chi connectivity index (χ0v) is 12.5. The van der Waals surface area contributed by atoms with Crippen LogP contribution in [-0.2, 0) is 4.74 Å². The first-order valence-corrected chi connectivity index (χ1v) is 7.32. The van der Waals surface area contributed by atoms with Crippen LogP contribution in [0.4, 0.5) is 17.3 Å². The summed E-state index contributed by atoms with van der Waals surface area (Å²) < 4.78 is 5.11. The van der Waals surface area contributed by atoms with E-state index in [2.05, 4.69) is 17.2 Å². The van der Waals surface area contributed by atoms with Crippen LogP contribution in [0.1, 0.15) is 26.2 Å². The molecule has 0 bridgehead atoms. The van der Waals surface area contributed by atoms with Gasteiger partial charge in [0.2, 0.25) is 5.82 Å². The molecule has 0 amide bonds. The van der Waals surface area contributed by atoms with Crippen LogP contribution in [0.2, 0.25) is 0 Å². The molecule has 0 radical (unpaired) electrons. The van der Waals surface area contributed by atoms with Crippen molar-refractivity contribution in [3.05, 3.63) is 22.2 Å². The van der Waals surface area contributed by atoms with Crippen molar-refractivity contribution < 1.29 is 9.66 Å². The van der Waals surface area contributed by atoms with Crippen LogP contribution in [0, 0.1) is 10.1 Å². The number of hydrogen-bond donors (Lipinski definition) is 1. The van der Waals surface area contributed by atoms with Crippen molar-refractivity contribution in [1.82, 2.24) is 4.98 Å². The third-order valence-corrected chi connectivity index (χ3v) is 3.40. The van der Waals surface area contributed by atoms with E-state index in [-0.39, 0.29) is 10.6 Å². The van der Waals surface area contributed by atoms with E-state index in [0.717, 1.165) is 25.8 Å². The van der Waals surface area contributed by atoms with Gasteiger partial charge in [-0.15, -0.1) is 0 Å². The Hall–Kier alpha value is -1.89. The number of rotatable bonds is 9. The summed E-state index contributed by atoms with van der Waals surface area (Å²) >= 11 is 0. The number of methoxy groups -OCH3 is 1. The molecular weight excluding hydrogens is 272 g/mol. The summed E-state index contributed by atoms with van der Waals surface area (Å²) in [6.07, 6.45) is 3.08. The molecule has 7 nitrogen and oxygen atoms in total. The molecule has 1 N–H and O–H groups in total. The zero-order chi connectivity index (χ0) is 15.2. The SMILES string of the molecule is CCCNc1ccc([N+](=O)[O-])c(N(CCOC)C2CC2)n1. The highest BCUT2D eigenvalue weighted by molar-refractivity contribution is 5.63. The quantitative estimate of drug-likeness (QED) is 0.556. The molecule has 0 aliphatic heterocycles. The van der Waals surface area contributed by atoms with Crippen molar-refractivity contribution in [3.8, 4) is 0 Å². The molecule has 0 spiro atoms. The first-order chi connectivity index (χ1) is 10.2. The van der Waals surface area contributed by atoms with E-state index in [9.17, 15) is 10.1 Å². The molecule has 0 unspecified atom stereocenters. The zero-order valence-electron chi connectivity index (χ0n) is 12.5. The normalized spacial score (nSPS) is 14.0. The minimum atomic E-state index is -0.367. The molecule has 0 aromatic carbocycles. The largest absolute Gasteiger partial charge is 0.383 e. The Balaban J connectivity index is 2.28. The third kappa shape index (κ3) is 4.04. The molecule has 0 saturated heterocycles. The maximum Gasteiger partial charge on any atom is 0.311 e. The van der Waals surface area contributed by atoms with Crippen LogP contribution in [0.25, 0.3) is 0 Å². The van der Waals surface area contributed by atoms with Gasteiger partial charge in [0, 0.05) is 32.3 Å². The summed E-state index contributed by atoms with van der Waals surface area (Å²) in [6.45, 7) is 4.01. The van der Waals surface area contributed by atoms with Gasteiger partial charge >= 0.3 is 5.69 Å². The van der Waals surface area contributed by atoms with Crippen LogP contribution in [0.5, 0.6) is 0 Å². The maximum atomic E-state index is 11.3. The van der Waals surface area contributed by atoms with Gasteiger partial charge in [0.15, 0.2) is 0 Å². The lowest BCUT2D eigenvalue weighted by Crippen LogP contribution is -2.31. The third-order valence-electron chi connectivity index (χ3n) is 3.40. The second-order valence-electron chi connectivity index (χ2n) is 5.14. The first-order valence-electron chi connectivity index (χ1n) is 7.32. The number of nitro groups is 1. The first kappa shape index (κ1) is 15.5. The highest BCUT2D eigenvalue weighted by atomic mass is 16.6. The lowest BCUT2D eigenvalue weighted by molar-refractivity contribution is -0.384. The van der Waals surface area contributed by atoms with Gasteiger partial charge in [-0.25, -0.2) is 4.98 Å². The Labute approximate surface area is 124 Å². The van der Waals surface area contributed by atoms with E-state index in [1.54, 1.807) is 13.2 Å². The highest BCUT2D eigenvalue weighted by Gasteiger charge is 2.34. The molecule has 116 valence electrons. The summed E-state index contributed by atoms with van der Waals surface area (Å²) in [7, 11) is 1.63. The Kier molecular flexibility index (Phi) is 5.32. The van der Waals surface area contributed by atoms with Gasteiger partial charge in [-0.3, -0.25) is 10.1 Å². The smallest absolute Gasteiger partial charge is 0.311 e. The molecule has 2 rings (SSSR count). The number of nitrogens with one attached hydrogen (secondary N) is 1. The summed E-state index contributed by atoms with van der Waals surface area (Å²) in [5, 5.41) is 14.4. The predicted octanol–water partition coefficient (Wildman–Crippen LogP) is 2.43. The minimum Gasteiger partial charge on any atom is -0.383 e. The van der Waals surface area contributed by atoms with E-state index in [0.29, 0.717) is 30.8 Å². The van der Waals surface area contributed by atoms with Crippen molar-refractivity contribution in [2.24, 2.45) is 0 Å². The molecule has 1 aliphatic carbocycles. The number of nitrogens with zero attached hydrogens (tertiary/aromatic N) is 3. The molecule has 1 fully saturated rings. The molecule has 21 heavy (non-hydrogen) atoms. The average molecular weight is 294 g/mol. The average Bonchev–Trinajstić information content (AvgIpc) is 3.30. The van der Waals surface area contributed by atoms with Crippen LogP contribution >= 0.6 is 0 Å². The fourth-order valence-electron chi connectivity index (χ4n) is 2.18. The number of pyridine rings is 1. The van der Waals surface area contributed by atoms with Crippen molar-refractivity contribution in [1.29, 1.82) is 0 Å². The lowest BCUT2D eigenvalue weighted by Gasteiger charge is -2.23. The summed E-state index contributed by atoms with van der Waals surface area (Å²) in [6, 6.07) is 3.54. The predicted molar refractivity (Wildman–Crippen MR) is 81.9 cm³/mol. The van der Waals surface area contributed by atoms with Crippen LogP contribution < -0.4 is 10.2 Å². The minimum absolute atomic E-state index is 0.0556. The van der Waals surface area contributed by atoms with Gasteiger partial charge in [-0.05, 0) is 25.3 Å². The molecule has 1 aliphatic rings. The second-order valence-corrected chi connectivity index (χ2v) is 5.14. The number of ether oxygens (including phenoxy) is 1. The summed E-state index contributed by atoms with van der Waals surface area (Å²) in [4.78, 5) is 17.4. The van der Waals surface area contributed by atoms with Gasteiger partial charge in [-0.2, -0.15) is 0 Å². The van der Waals surface area contributed by atoms with E-state index in [4.69, 9.17) is 4.74 Å². The molecule has 1 aromatic heterocycles. The maximum absolute atomic E-state index is 11.3. The van der Waals surface area contributed by atoms with Crippen molar-refractivity contribution in [2.45, 2.75) is 32.2 Å². The standard InChI is InChI=1S/C14H22N4O3/c1-3-8-15-13-7-6-12(18(19)20)14(16-13)17(9-10-21-2)11-4-5-11/h6-7,11H,3-5,8-10H2,1-2H3,(H,15,16). The lowest BCUT2D eigenvalue weighted by atomic mass is 10.3. The number of hydrogen-bond acceptors (Lipinski definition) is 6. The number of anilines is 2. The Morgan fingerprint density at radius 1 is 1.52 bits per heavy atom. The Bertz CT molecular complexity index is 491. The molecule has 1 saturated carbocycles. The van der Waals surface area contributed by atoms with E-state index < -0.39 is 0 Å². The van der Waals surface area contributed by atoms with Gasteiger partial charge in [0.25, 0.3) is 0 Å². The fourth-order valence-corrected chi connectivity index (χ4v) is 2.18.